The number of hydrogen-bond donors (Lipinski definition) is 1. The number of nitrogens with zero attached hydrogens (tertiary/aromatic N) is 2. The van der Waals surface area contributed by atoms with E-state index in [-0.39, 0.29) is 11.8 Å². The summed E-state index contributed by atoms with van der Waals surface area (Å²) in [6.45, 7) is 4.66. The van der Waals surface area contributed by atoms with Crippen molar-refractivity contribution in [3.05, 3.63) is 28.2 Å². The number of likely N-dealkylation sites (tertiary alicyclic amines) is 1. The lowest BCUT2D eigenvalue weighted by Gasteiger charge is -2.30. The maximum absolute atomic E-state index is 12.7. The molecule has 0 radical (unpaired) electrons. The Kier molecular flexibility index (Phi) is 6.74. The van der Waals surface area contributed by atoms with Crippen LogP contribution in [0.25, 0.3) is 0 Å². The Hall–Kier alpha value is -2.32. The van der Waals surface area contributed by atoms with Crippen LogP contribution in [0.15, 0.2) is 17.5 Å². The van der Waals surface area contributed by atoms with Crippen molar-refractivity contribution in [2.24, 2.45) is 5.92 Å². The minimum Gasteiger partial charge on any atom is -0.493 e. The van der Waals surface area contributed by atoms with Gasteiger partial charge in [0.2, 0.25) is 11.7 Å². The summed E-state index contributed by atoms with van der Waals surface area (Å²) in [5.74, 6) is 1.57. The van der Waals surface area contributed by atoms with Crippen molar-refractivity contribution in [3.8, 4) is 17.2 Å². The molecule has 2 heterocycles. The Balaban J connectivity index is 1.58. The lowest BCUT2D eigenvalue weighted by molar-refractivity contribution is -0.121. The SMILES string of the molecule is COc1cc(NC(=O)C2CCN(Cc3csc(C)n3)CC2)cc(OC)c1OC. The van der Waals surface area contributed by atoms with Crippen molar-refractivity contribution < 1.29 is 19.0 Å². The van der Waals surface area contributed by atoms with Crippen molar-refractivity contribution in [2.45, 2.75) is 26.3 Å². The van der Waals surface area contributed by atoms with E-state index in [1.54, 1.807) is 44.8 Å². The van der Waals surface area contributed by atoms with Gasteiger partial charge in [0.05, 0.1) is 32.0 Å². The molecule has 1 amide bonds. The maximum atomic E-state index is 12.7. The molecule has 7 nitrogen and oxygen atoms in total. The number of piperidine rings is 1. The van der Waals surface area contributed by atoms with Gasteiger partial charge in [-0.1, -0.05) is 0 Å². The molecule has 3 rings (SSSR count). The molecule has 0 unspecified atom stereocenters. The van der Waals surface area contributed by atoms with Crippen molar-refractivity contribution in [1.82, 2.24) is 9.88 Å². The van der Waals surface area contributed by atoms with Gasteiger partial charge in [-0.15, -0.1) is 11.3 Å². The fraction of sp³-hybridized carbons (Fsp3) is 0.500. The Morgan fingerprint density at radius 2 is 1.82 bits per heavy atom. The third-order valence-electron chi connectivity index (χ3n) is 4.94. The highest BCUT2D eigenvalue weighted by Gasteiger charge is 2.26. The van der Waals surface area contributed by atoms with Gasteiger partial charge in [0.1, 0.15) is 0 Å². The van der Waals surface area contributed by atoms with Crippen molar-refractivity contribution in [1.29, 1.82) is 0 Å². The van der Waals surface area contributed by atoms with Gasteiger partial charge in [0, 0.05) is 35.7 Å². The van der Waals surface area contributed by atoms with E-state index in [0.717, 1.165) is 43.2 Å². The molecule has 152 valence electrons. The summed E-state index contributed by atoms with van der Waals surface area (Å²) in [7, 11) is 4.67. The van der Waals surface area contributed by atoms with Crippen LogP contribution in [0.2, 0.25) is 0 Å². The molecule has 1 fully saturated rings. The first-order chi connectivity index (χ1) is 13.5. The molecule has 2 aromatic rings. The van der Waals surface area contributed by atoms with Gasteiger partial charge in [-0.05, 0) is 32.9 Å². The van der Waals surface area contributed by atoms with Gasteiger partial charge < -0.3 is 19.5 Å². The summed E-state index contributed by atoms with van der Waals surface area (Å²) < 4.78 is 16.0. The molecular formula is C20H27N3O4S. The molecule has 8 heteroatoms. The van der Waals surface area contributed by atoms with Gasteiger partial charge in [-0.3, -0.25) is 9.69 Å². The highest BCUT2D eigenvalue weighted by Crippen LogP contribution is 2.40. The van der Waals surface area contributed by atoms with Crippen LogP contribution in [0.5, 0.6) is 17.2 Å². The van der Waals surface area contributed by atoms with E-state index in [1.165, 1.54) is 0 Å². The van der Waals surface area contributed by atoms with Crippen LogP contribution in [-0.2, 0) is 11.3 Å². The number of carbonyl (C=O) groups excluding carboxylic acids is 1. The lowest BCUT2D eigenvalue weighted by atomic mass is 9.95. The van der Waals surface area contributed by atoms with E-state index in [9.17, 15) is 4.79 Å². The molecule has 1 aromatic heterocycles. The number of aryl methyl sites for hydroxylation is 1. The average molecular weight is 406 g/mol. The standard InChI is InChI=1S/C20H27N3O4S/c1-13-21-16(12-28-13)11-23-7-5-14(6-8-23)20(24)22-15-9-17(25-2)19(27-4)18(10-15)26-3/h9-10,12,14H,5-8,11H2,1-4H3,(H,22,24). The molecule has 0 saturated carbocycles. The molecule has 0 bridgehead atoms. The van der Waals surface area contributed by atoms with Crippen LogP contribution < -0.4 is 19.5 Å². The van der Waals surface area contributed by atoms with Gasteiger partial charge >= 0.3 is 0 Å². The second-order valence-electron chi connectivity index (χ2n) is 6.81. The molecule has 28 heavy (non-hydrogen) atoms. The van der Waals surface area contributed by atoms with E-state index in [0.29, 0.717) is 22.9 Å². The second kappa shape index (κ2) is 9.25. The summed E-state index contributed by atoms with van der Waals surface area (Å²) >= 11 is 1.68. The van der Waals surface area contributed by atoms with E-state index in [4.69, 9.17) is 14.2 Å². The molecule has 0 aliphatic carbocycles. The predicted molar refractivity (Wildman–Crippen MR) is 110 cm³/mol. The first-order valence-corrected chi connectivity index (χ1v) is 10.2. The Bertz CT molecular complexity index is 791. The number of nitrogens with one attached hydrogen (secondary N) is 1. The number of amides is 1. The number of rotatable bonds is 7. The number of carbonyl (C=O) groups is 1. The highest BCUT2D eigenvalue weighted by molar-refractivity contribution is 7.09. The zero-order chi connectivity index (χ0) is 20.1. The number of thiazole rings is 1. The molecule has 1 aliphatic rings. The summed E-state index contributed by atoms with van der Waals surface area (Å²) in [4.78, 5) is 19.6. The minimum absolute atomic E-state index is 0.00693. The molecule has 1 aliphatic heterocycles. The highest BCUT2D eigenvalue weighted by atomic mass is 32.1. The normalized spacial score (nSPS) is 15.3. The fourth-order valence-electron chi connectivity index (χ4n) is 3.46. The smallest absolute Gasteiger partial charge is 0.227 e. The van der Waals surface area contributed by atoms with Crippen LogP contribution in [0.3, 0.4) is 0 Å². The number of aromatic nitrogens is 1. The quantitative estimate of drug-likeness (QED) is 0.762. The zero-order valence-corrected chi connectivity index (χ0v) is 17.6. The largest absolute Gasteiger partial charge is 0.493 e. The minimum atomic E-state index is -0.00693. The third-order valence-corrected chi connectivity index (χ3v) is 5.77. The Morgan fingerprint density at radius 3 is 2.32 bits per heavy atom. The average Bonchev–Trinajstić information content (AvgIpc) is 3.12. The Labute approximate surface area is 169 Å². The molecule has 1 aromatic carbocycles. The number of hydrogen-bond acceptors (Lipinski definition) is 7. The lowest BCUT2D eigenvalue weighted by Crippen LogP contribution is -2.37. The topological polar surface area (TPSA) is 72.9 Å². The third kappa shape index (κ3) is 4.74. The fourth-order valence-corrected chi connectivity index (χ4v) is 4.06. The zero-order valence-electron chi connectivity index (χ0n) is 16.8. The molecule has 0 spiro atoms. The first kappa shape index (κ1) is 20.4. The second-order valence-corrected chi connectivity index (χ2v) is 7.87. The van der Waals surface area contributed by atoms with E-state index >= 15 is 0 Å². The number of benzene rings is 1. The van der Waals surface area contributed by atoms with E-state index < -0.39 is 0 Å². The maximum Gasteiger partial charge on any atom is 0.227 e. The molecule has 0 atom stereocenters. The monoisotopic (exact) mass is 405 g/mol. The molecule has 1 N–H and O–H groups in total. The van der Waals surface area contributed by atoms with Crippen molar-refractivity contribution in [3.63, 3.8) is 0 Å². The summed E-state index contributed by atoms with van der Waals surface area (Å²) in [5.41, 5.74) is 1.75. The molecular weight excluding hydrogens is 378 g/mol. The number of anilines is 1. The first-order valence-electron chi connectivity index (χ1n) is 9.28. The van der Waals surface area contributed by atoms with Gasteiger partial charge in [-0.25, -0.2) is 4.98 Å². The van der Waals surface area contributed by atoms with Gasteiger partial charge in [0.25, 0.3) is 0 Å². The van der Waals surface area contributed by atoms with Gasteiger partial charge in [0.15, 0.2) is 11.5 Å². The number of methoxy groups -OCH3 is 3. The summed E-state index contributed by atoms with van der Waals surface area (Å²) in [6, 6.07) is 3.50. The van der Waals surface area contributed by atoms with E-state index in [2.05, 4.69) is 20.6 Å². The summed E-state index contributed by atoms with van der Waals surface area (Å²) in [5, 5.41) is 6.20. The van der Waals surface area contributed by atoms with Crippen LogP contribution in [0, 0.1) is 12.8 Å². The van der Waals surface area contributed by atoms with Gasteiger partial charge in [-0.2, -0.15) is 0 Å². The van der Waals surface area contributed by atoms with E-state index in [1.807, 2.05) is 6.92 Å². The Morgan fingerprint density at radius 1 is 1.18 bits per heavy atom. The van der Waals surface area contributed by atoms with Crippen LogP contribution in [0.1, 0.15) is 23.5 Å². The van der Waals surface area contributed by atoms with Crippen LogP contribution >= 0.6 is 11.3 Å². The van der Waals surface area contributed by atoms with Crippen LogP contribution in [-0.4, -0.2) is 50.2 Å². The van der Waals surface area contributed by atoms with Crippen molar-refractivity contribution in [2.75, 3.05) is 39.7 Å². The molecule has 1 saturated heterocycles. The van der Waals surface area contributed by atoms with Crippen molar-refractivity contribution >= 4 is 22.9 Å². The predicted octanol–water partition coefficient (Wildman–Crippen LogP) is 3.33. The number of ether oxygens (including phenoxy) is 3. The summed E-state index contributed by atoms with van der Waals surface area (Å²) in [6.07, 6.45) is 1.67. The van der Waals surface area contributed by atoms with Crippen LogP contribution in [0.4, 0.5) is 5.69 Å².